The van der Waals surface area contributed by atoms with Crippen molar-refractivity contribution in [2.75, 3.05) is 6.61 Å². The maximum Gasteiger partial charge on any atom is 0.300 e. The molecule has 19 heavy (non-hydrogen) atoms. The Bertz CT molecular complexity index is 218. The highest BCUT2D eigenvalue weighted by atomic mass is 16.4. The number of hydrogen-bond acceptors (Lipinski definition) is 2. The molecule has 0 unspecified atom stereocenters. The molecule has 0 spiro atoms. The Morgan fingerprint density at radius 2 is 1.42 bits per heavy atom. The minimum absolute atomic E-state index is 0.357. The SMILES string of the molecule is C=CC=CCCCCCCCCCCO.CC(=O)O. The van der Waals surface area contributed by atoms with E-state index in [4.69, 9.17) is 15.0 Å². The molecule has 2 N–H and O–H groups in total. The molecule has 0 aliphatic rings. The lowest BCUT2D eigenvalue weighted by atomic mass is 10.1. The second-order valence-electron chi connectivity index (χ2n) is 4.52. The van der Waals surface area contributed by atoms with Crippen molar-refractivity contribution in [1.29, 1.82) is 0 Å². The van der Waals surface area contributed by atoms with E-state index < -0.39 is 5.97 Å². The van der Waals surface area contributed by atoms with Gasteiger partial charge in [-0.25, -0.2) is 0 Å². The molecule has 0 rings (SSSR count). The second kappa shape index (κ2) is 19.3. The van der Waals surface area contributed by atoms with E-state index in [-0.39, 0.29) is 0 Å². The highest BCUT2D eigenvalue weighted by Gasteiger charge is 1.90. The molecule has 0 aromatic rings. The average molecular weight is 270 g/mol. The zero-order chi connectivity index (χ0) is 14.8. The fraction of sp³-hybridized carbons (Fsp3) is 0.688. The minimum Gasteiger partial charge on any atom is -0.481 e. The highest BCUT2D eigenvalue weighted by molar-refractivity contribution is 5.62. The molecule has 0 bridgehead atoms. The predicted octanol–water partition coefficient (Wildman–Crippen LogP) is 4.32. The van der Waals surface area contributed by atoms with Crippen molar-refractivity contribution < 1.29 is 15.0 Å². The summed E-state index contributed by atoms with van der Waals surface area (Å²) in [5.74, 6) is -0.833. The van der Waals surface area contributed by atoms with E-state index in [2.05, 4.69) is 12.7 Å². The molecule has 0 fully saturated rings. The molecular weight excluding hydrogens is 240 g/mol. The lowest BCUT2D eigenvalue weighted by Gasteiger charge is -2.00. The molecule has 112 valence electrons. The largest absolute Gasteiger partial charge is 0.481 e. The molecular formula is C16H30O3. The number of hydrogen-bond donors (Lipinski definition) is 2. The summed E-state index contributed by atoms with van der Waals surface area (Å²) >= 11 is 0. The number of carboxylic acids is 1. The third-order valence-corrected chi connectivity index (χ3v) is 2.55. The van der Waals surface area contributed by atoms with Gasteiger partial charge in [0.2, 0.25) is 0 Å². The van der Waals surface area contributed by atoms with E-state index in [0.29, 0.717) is 6.61 Å². The first-order chi connectivity index (χ1) is 9.15. The van der Waals surface area contributed by atoms with Gasteiger partial charge in [-0.3, -0.25) is 4.79 Å². The fourth-order valence-corrected chi connectivity index (χ4v) is 1.63. The zero-order valence-corrected chi connectivity index (χ0v) is 12.3. The molecule has 0 atom stereocenters. The number of carbonyl (C=O) groups is 1. The van der Waals surface area contributed by atoms with E-state index in [0.717, 1.165) is 13.3 Å². The van der Waals surface area contributed by atoms with Crippen LogP contribution in [0.15, 0.2) is 24.8 Å². The number of aliphatic hydroxyl groups is 1. The smallest absolute Gasteiger partial charge is 0.300 e. The zero-order valence-electron chi connectivity index (χ0n) is 12.3. The summed E-state index contributed by atoms with van der Waals surface area (Å²) in [7, 11) is 0. The number of aliphatic hydroxyl groups excluding tert-OH is 1. The average Bonchev–Trinajstić information content (AvgIpc) is 2.35. The van der Waals surface area contributed by atoms with Crippen LogP contribution in [0.2, 0.25) is 0 Å². The van der Waals surface area contributed by atoms with E-state index in [1.807, 2.05) is 12.2 Å². The van der Waals surface area contributed by atoms with Crippen molar-refractivity contribution >= 4 is 5.97 Å². The van der Waals surface area contributed by atoms with Crippen molar-refractivity contribution in [3.8, 4) is 0 Å². The van der Waals surface area contributed by atoms with Gasteiger partial charge in [0.05, 0.1) is 0 Å². The molecule has 0 aromatic heterocycles. The minimum atomic E-state index is -0.833. The monoisotopic (exact) mass is 270 g/mol. The number of allylic oxidation sites excluding steroid dienone is 3. The first kappa shape index (κ1) is 20.2. The summed E-state index contributed by atoms with van der Waals surface area (Å²) in [6.07, 6.45) is 17.4. The second-order valence-corrected chi connectivity index (χ2v) is 4.52. The molecule has 3 heteroatoms. The normalized spacial score (nSPS) is 10.0. The molecule has 0 heterocycles. The molecule has 0 saturated heterocycles. The van der Waals surface area contributed by atoms with Crippen LogP contribution in [0.3, 0.4) is 0 Å². The van der Waals surface area contributed by atoms with Crippen LogP contribution in [0, 0.1) is 0 Å². The first-order valence-corrected chi connectivity index (χ1v) is 7.23. The molecule has 0 amide bonds. The van der Waals surface area contributed by atoms with E-state index >= 15 is 0 Å². The fourth-order valence-electron chi connectivity index (χ4n) is 1.63. The van der Waals surface area contributed by atoms with E-state index in [9.17, 15) is 0 Å². The Morgan fingerprint density at radius 1 is 1.00 bits per heavy atom. The highest BCUT2D eigenvalue weighted by Crippen LogP contribution is 2.09. The molecule has 0 radical (unpaired) electrons. The summed E-state index contributed by atoms with van der Waals surface area (Å²) in [4.78, 5) is 9.00. The van der Waals surface area contributed by atoms with E-state index in [1.54, 1.807) is 0 Å². The van der Waals surface area contributed by atoms with Crippen LogP contribution in [0.4, 0.5) is 0 Å². The third kappa shape index (κ3) is 31.6. The van der Waals surface area contributed by atoms with Crippen molar-refractivity contribution in [1.82, 2.24) is 0 Å². The topological polar surface area (TPSA) is 57.5 Å². The van der Waals surface area contributed by atoms with Crippen LogP contribution in [0.1, 0.15) is 64.7 Å². The third-order valence-electron chi connectivity index (χ3n) is 2.55. The van der Waals surface area contributed by atoms with Crippen molar-refractivity contribution in [2.45, 2.75) is 64.7 Å². The summed E-state index contributed by atoms with van der Waals surface area (Å²) in [6, 6.07) is 0. The van der Waals surface area contributed by atoms with Gasteiger partial charge in [0.25, 0.3) is 5.97 Å². The molecule has 0 aromatic carbocycles. The van der Waals surface area contributed by atoms with Crippen LogP contribution in [0.5, 0.6) is 0 Å². The van der Waals surface area contributed by atoms with Gasteiger partial charge in [-0.05, 0) is 19.3 Å². The summed E-state index contributed by atoms with van der Waals surface area (Å²) < 4.78 is 0. The van der Waals surface area contributed by atoms with Gasteiger partial charge < -0.3 is 10.2 Å². The lowest BCUT2D eigenvalue weighted by Crippen LogP contribution is -1.84. The molecule has 0 aliphatic heterocycles. The Labute approximate surface area is 118 Å². The summed E-state index contributed by atoms with van der Waals surface area (Å²) in [5, 5.41) is 16.0. The van der Waals surface area contributed by atoms with Gasteiger partial charge in [-0.2, -0.15) is 0 Å². The van der Waals surface area contributed by atoms with Gasteiger partial charge in [0.1, 0.15) is 0 Å². The van der Waals surface area contributed by atoms with Crippen LogP contribution in [0.25, 0.3) is 0 Å². The number of rotatable bonds is 11. The lowest BCUT2D eigenvalue weighted by molar-refractivity contribution is -0.134. The van der Waals surface area contributed by atoms with Gasteiger partial charge >= 0.3 is 0 Å². The quantitative estimate of drug-likeness (QED) is 0.434. The standard InChI is InChI=1S/C14H26O.C2H4O2/c1-2-3-4-5-6-7-8-9-10-11-12-13-14-15;1-2(3)4/h2-4,15H,1,5-14H2;1H3,(H,3,4). The Hall–Kier alpha value is -1.09. The van der Waals surface area contributed by atoms with Crippen molar-refractivity contribution in [3.63, 3.8) is 0 Å². The Kier molecular flexibility index (Phi) is 20.5. The van der Waals surface area contributed by atoms with Crippen LogP contribution >= 0.6 is 0 Å². The summed E-state index contributed by atoms with van der Waals surface area (Å²) in [5.41, 5.74) is 0. The number of unbranched alkanes of at least 4 members (excludes halogenated alkanes) is 8. The van der Waals surface area contributed by atoms with E-state index in [1.165, 1.54) is 51.4 Å². The Balaban J connectivity index is 0. The molecule has 3 nitrogen and oxygen atoms in total. The molecule has 0 saturated carbocycles. The number of aliphatic carboxylic acids is 1. The van der Waals surface area contributed by atoms with Crippen LogP contribution < -0.4 is 0 Å². The van der Waals surface area contributed by atoms with Crippen LogP contribution in [-0.4, -0.2) is 22.8 Å². The predicted molar refractivity (Wildman–Crippen MR) is 81.3 cm³/mol. The van der Waals surface area contributed by atoms with Crippen molar-refractivity contribution in [2.24, 2.45) is 0 Å². The Morgan fingerprint density at radius 3 is 1.84 bits per heavy atom. The van der Waals surface area contributed by atoms with Gasteiger partial charge in [-0.15, -0.1) is 0 Å². The van der Waals surface area contributed by atoms with Gasteiger partial charge in [-0.1, -0.05) is 63.3 Å². The van der Waals surface area contributed by atoms with Gasteiger partial charge in [0.15, 0.2) is 0 Å². The van der Waals surface area contributed by atoms with Crippen molar-refractivity contribution in [3.05, 3.63) is 24.8 Å². The maximum absolute atomic E-state index is 9.00. The number of carboxylic acid groups (broad SMARTS) is 1. The summed E-state index contributed by atoms with van der Waals surface area (Å²) in [6.45, 7) is 5.08. The first-order valence-electron chi connectivity index (χ1n) is 7.23. The molecule has 0 aliphatic carbocycles. The maximum atomic E-state index is 9.00. The van der Waals surface area contributed by atoms with Crippen LogP contribution in [-0.2, 0) is 4.79 Å². The van der Waals surface area contributed by atoms with Gasteiger partial charge in [0, 0.05) is 13.5 Å².